The minimum Gasteiger partial charge on any atom is -0.481 e. The van der Waals surface area contributed by atoms with Gasteiger partial charge in [-0.05, 0) is 37.5 Å². The predicted octanol–water partition coefficient (Wildman–Crippen LogP) is 2.11. The molecular weight excluding hydrogens is 266 g/mol. The first-order valence-electron chi connectivity index (χ1n) is 6.25. The van der Waals surface area contributed by atoms with E-state index >= 15 is 0 Å². The number of carboxylic acid groups (broad SMARTS) is 1. The Morgan fingerprint density at radius 3 is 2.79 bits per heavy atom. The monoisotopic (exact) mass is 281 g/mol. The highest BCUT2D eigenvalue weighted by Gasteiger charge is 2.48. The molecule has 0 spiro atoms. The lowest BCUT2D eigenvalue weighted by molar-refractivity contribution is -0.140. The molecule has 19 heavy (non-hydrogen) atoms. The van der Waals surface area contributed by atoms with Crippen molar-refractivity contribution in [1.82, 2.24) is 5.32 Å². The average Bonchev–Trinajstić information content (AvgIpc) is 3.08. The van der Waals surface area contributed by atoms with Crippen LogP contribution in [0.4, 0.5) is 0 Å². The van der Waals surface area contributed by atoms with E-state index in [4.69, 9.17) is 16.7 Å². The van der Waals surface area contributed by atoms with Crippen molar-refractivity contribution in [3.05, 3.63) is 34.9 Å². The van der Waals surface area contributed by atoms with E-state index in [0.29, 0.717) is 17.9 Å². The topological polar surface area (TPSA) is 66.4 Å². The quantitative estimate of drug-likeness (QED) is 0.869. The van der Waals surface area contributed by atoms with E-state index in [1.165, 1.54) is 0 Å². The Labute approximate surface area is 116 Å². The molecule has 5 heteroatoms. The fourth-order valence-electron chi connectivity index (χ4n) is 2.18. The van der Waals surface area contributed by atoms with Gasteiger partial charge in [-0.3, -0.25) is 9.59 Å². The molecule has 4 nitrogen and oxygen atoms in total. The summed E-state index contributed by atoms with van der Waals surface area (Å²) in [4.78, 5) is 22.5. The number of carbonyl (C=O) groups excluding carboxylic acids is 1. The van der Waals surface area contributed by atoms with Crippen LogP contribution in [0.5, 0.6) is 0 Å². The number of carbonyl (C=O) groups is 2. The third kappa shape index (κ3) is 3.70. The van der Waals surface area contributed by atoms with Crippen molar-refractivity contribution >= 4 is 23.5 Å². The highest BCUT2D eigenvalue weighted by molar-refractivity contribution is 6.30. The number of amides is 1. The third-order valence-corrected chi connectivity index (χ3v) is 3.50. The summed E-state index contributed by atoms with van der Waals surface area (Å²) in [5.41, 5.74) is 1.05. The largest absolute Gasteiger partial charge is 0.481 e. The number of rotatable bonds is 5. The summed E-state index contributed by atoms with van der Waals surface area (Å²) in [5.74, 6) is -1.91. The molecule has 0 aliphatic heterocycles. The van der Waals surface area contributed by atoms with Gasteiger partial charge in [0.05, 0.1) is 11.8 Å². The van der Waals surface area contributed by atoms with Crippen LogP contribution in [0.15, 0.2) is 24.3 Å². The van der Waals surface area contributed by atoms with Crippen LogP contribution in [0.3, 0.4) is 0 Å². The fourth-order valence-corrected chi connectivity index (χ4v) is 2.39. The summed E-state index contributed by atoms with van der Waals surface area (Å²) in [7, 11) is 0. The molecule has 0 aromatic heterocycles. The number of nitrogens with one attached hydrogen (secondary N) is 1. The van der Waals surface area contributed by atoms with Gasteiger partial charge in [-0.15, -0.1) is 0 Å². The summed E-state index contributed by atoms with van der Waals surface area (Å²) in [5, 5.41) is 12.3. The standard InChI is InChI=1S/C14H16ClNO3/c1-8(5-9-3-2-4-10(15)6-9)16-13(17)11-7-12(11)14(18)19/h2-4,6,8,11-12H,5,7H2,1H3,(H,16,17)(H,18,19)/t8?,11-,12+/m1/s1. The summed E-state index contributed by atoms with van der Waals surface area (Å²) >= 11 is 5.90. The van der Waals surface area contributed by atoms with Gasteiger partial charge in [0.25, 0.3) is 0 Å². The molecule has 1 aliphatic rings. The molecule has 1 unspecified atom stereocenters. The molecule has 1 aromatic rings. The molecule has 0 heterocycles. The van der Waals surface area contributed by atoms with Crippen LogP contribution in [-0.2, 0) is 16.0 Å². The second-order valence-corrected chi connectivity index (χ2v) is 5.47. The molecule has 2 rings (SSSR count). The highest BCUT2D eigenvalue weighted by Crippen LogP contribution is 2.38. The van der Waals surface area contributed by atoms with Crippen LogP contribution in [0.25, 0.3) is 0 Å². The lowest BCUT2D eigenvalue weighted by Crippen LogP contribution is -2.35. The molecule has 0 saturated heterocycles. The van der Waals surface area contributed by atoms with Crippen LogP contribution in [-0.4, -0.2) is 23.0 Å². The number of benzene rings is 1. The zero-order valence-corrected chi connectivity index (χ0v) is 11.4. The molecule has 2 N–H and O–H groups in total. The lowest BCUT2D eigenvalue weighted by atomic mass is 10.1. The maximum absolute atomic E-state index is 11.8. The number of halogens is 1. The Hall–Kier alpha value is -1.55. The van der Waals surface area contributed by atoms with Gasteiger partial charge in [-0.25, -0.2) is 0 Å². The Bertz CT molecular complexity index is 503. The van der Waals surface area contributed by atoms with Crippen molar-refractivity contribution in [2.75, 3.05) is 0 Å². The number of hydrogen-bond acceptors (Lipinski definition) is 2. The van der Waals surface area contributed by atoms with Gasteiger partial charge >= 0.3 is 5.97 Å². The first-order chi connectivity index (χ1) is 8.97. The molecular formula is C14H16ClNO3. The molecule has 3 atom stereocenters. The minimum absolute atomic E-state index is 0.0407. The molecule has 102 valence electrons. The molecule has 1 saturated carbocycles. The van der Waals surface area contributed by atoms with E-state index in [-0.39, 0.29) is 17.9 Å². The highest BCUT2D eigenvalue weighted by atomic mass is 35.5. The van der Waals surface area contributed by atoms with Gasteiger partial charge in [0.15, 0.2) is 0 Å². The summed E-state index contributed by atoms with van der Waals surface area (Å²) in [6.45, 7) is 1.90. The van der Waals surface area contributed by atoms with Crippen LogP contribution in [0.1, 0.15) is 18.9 Å². The van der Waals surface area contributed by atoms with E-state index < -0.39 is 11.9 Å². The minimum atomic E-state index is -0.886. The first kappa shape index (κ1) is 13.9. The van der Waals surface area contributed by atoms with Crippen molar-refractivity contribution in [2.45, 2.75) is 25.8 Å². The SMILES string of the molecule is CC(Cc1cccc(Cl)c1)NC(=O)[C@@H]1C[C@@H]1C(=O)O. The van der Waals surface area contributed by atoms with Gasteiger partial charge in [0.1, 0.15) is 0 Å². The zero-order chi connectivity index (χ0) is 14.0. The Kier molecular flexibility index (Phi) is 4.10. The van der Waals surface area contributed by atoms with Crippen LogP contribution < -0.4 is 5.32 Å². The van der Waals surface area contributed by atoms with Crippen molar-refractivity contribution in [2.24, 2.45) is 11.8 Å². The summed E-state index contributed by atoms with van der Waals surface area (Å²) < 4.78 is 0. The summed E-state index contributed by atoms with van der Waals surface area (Å²) in [6.07, 6.45) is 1.13. The maximum atomic E-state index is 11.8. The van der Waals surface area contributed by atoms with Crippen molar-refractivity contribution in [3.8, 4) is 0 Å². The van der Waals surface area contributed by atoms with Gasteiger partial charge in [-0.1, -0.05) is 23.7 Å². The van der Waals surface area contributed by atoms with E-state index in [9.17, 15) is 9.59 Å². The number of carboxylic acids is 1. The molecule has 1 aliphatic carbocycles. The van der Waals surface area contributed by atoms with Gasteiger partial charge in [0, 0.05) is 11.1 Å². The fraction of sp³-hybridized carbons (Fsp3) is 0.429. The van der Waals surface area contributed by atoms with E-state index in [0.717, 1.165) is 5.56 Å². The third-order valence-electron chi connectivity index (χ3n) is 3.26. The van der Waals surface area contributed by atoms with Crippen molar-refractivity contribution < 1.29 is 14.7 Å². The first-order valence-corrected chi connectivity index (χ1v) is 6.63. The summed E-state index contributed by atoms with van der Waals surface area (Å²) in [6, 6.07) is 7.44. The number of aliphatic carboxylic acids is 1. The molecule has 0 radical (unpaired) electrons. The van der Waals surface area contributed by atoms with Crippen molar-refractivity contribution in [1.29, 1.82) is 0 Å². The second kappa shape index (κ2) is 5.61. The van der Waals surface area contributed by atoms with Crippen LogP contribution >= 0.6 is 11.6 Å². The van der Waals surface area contributed by atoms with E-state index in [1.807, 2.05) is 25.1 Å². The molecule has 1 aromatic carbocycles. The molecule has 1 amide bonds. The average molecular weight is 282 g/mol. The second-order valence-electron chi connectivity index (χ2n) is 5.03. The maximum Gasteiger partial charge on any atom is 0.307 e. The van der Waals surface area contributed by atoms with Gasteiger partial charge in [0.2, 0.25) is 5.91 Å². The Balaban J connectivity index is 1.83. The van der Waals surface area contributed by atoms with E-state index in [2.05, 4.69) is 5.32 Å². The lowest BCUT2D eigenvalue weighted by Gasteiger charge is -2.14. The molecule has 0 bridgehead atoms. The smallest absolute Gasteiger partial charge is 0.307 e. The predicted molar refractivity (Wildman–Crippen MR) is 72.0 cm³/mol. The number of hydrogen-bond donors (Lipinski definition) is 2. The van der Waals surface area contributed by atoms with E-state index in [1.54, 1.807) is 6.07 Å². The van der Waals surface area contributed by atoms with Crippen LogP contribution in [0.2, 0.25) is 5.02 Å². The Morgan fingerprint density at radius 2 is 2.21 bits per heavy atom. The molecule has 1 fully saturated rings. The van der Waals surface area contributed by atoms with Crippen LogP contribution in [0, 0.1) is 11.8 Å². The van der Waals surface area contributed by atoms with Gasteiger partial charge < -0.3 is 10.4 Å². The zero-order valence-electron chi connectivity index (χ0n) is 10.6. The Morgan fingerprint density at radius 1 is 1.47 bits per heavy atom. The van der Waals surface area contributed by atoms with Gasteiger partial charge in [-0.2, -0.15) is 0 Å². The van der Waals surface area contributed by atoms with Crippen molar-refractivity contribution in [3.63, 3.8) is 0 Å². The normalized spacial score (nSPS) is 22.6.